The van der Waals surface area contributed by atoms with Crippen molar-refractivity contribution in [2.75, 3.05) is 0 Å². The molecule has 6 heteroatoms. The maximum Gasteiger partial charge on any atom is 0.405 e. The summed E-state index contributed by atoms with van der Waals surface area (Å²) < 4.78 is 28.9. The summed E-state index contributed by atoms with van der Waals surface area (Å²) >= 11 is 0. The second-order valence-electron chi connectivity index (χ2n) is 7.19. The number of fused-ring (bicyclic) bond motifs is 1. The molecule has 3 rings (SSSR count). The summed E-state index contributed by atoms with van der Waals surface area (Å²) in [6.07, 6.45) is 0.737. The van der Waals surface area contributed by atoms with Crippen LogP contribution >= 0.6 is 0 Å². The zero-order valence-electron chi connectivity index (χ0n) is 14.6. The lowest BCUT2D eigenvalue weighted by atomic mass is 9.70. The van der Waals surface area contributed by atoms with Gasteiger partial charge in [-0.1, -0.05) is 38.1 Å². The van der Waals surface area contributed by atoms with E-state index in [2.05, 4.69) is 23.9 Å². The molecule has 138 valence electrons. The van der Waals surface area contributed by atoms with E-state index in [1.807, 2.05) is 18.2 Å². The molecule has 26 heavy (non-hydrogen) atoms. The molecule has 0 radical (unpaired) electrons. The number of aryl methyl sites for hydroxylation is 1. The van der Waals surface area contributed by atoms with E-state index in [1.54, 1.807) is 12.1 Å². The fourth-order valence-corrected chi connectivity index (χ4v) is 3.52. The van der Waals surface area contributed by atoms with E-state index in [0.717, 1.165) is 35.1 Å². The Balaban J connectivity index is 1.95. The quantitative estimate of drug-likeness (QED) is 0.783. The van der Waals surface area contributed by atoms with Crippen LogP contribution in [0.25, 0.3) is 11.1 Å². The third-order valence-electron chi connectivity index (χ3n) is 4.96. The molecule has 1 aliphatic rings. The smallest absolute Gasteiger partial charge is 0.405 e. The molecule has 1 unspecified atom stereocenters. The molecule has 1 amide bonds. The standard InChI is InChI=1S/C20H21F2NO3/c1-20(2)10-9-13-3-4-14(11-16(13)17(20)23-19(24)25)12-5-7-15(8-6-12)26-18(21)22/h3-8,11,17-18,23H,9-10H2,1-2H3,(H,24,25). The third kappa shape index (κ3) is 3.79. The molecule has 0 saturated heterocycles. The summed E-state index contributed by atoms with van der Waals surface area (Å²) in [7, 11) is 0. The van der Waals surface area contributed by atoms with Gasteiger partial charge in [-0.15, -0.1) is 0 Å². The number of carbonyl (C=O) groups is 1. The van der Waals surface area contributed by atoms with Gasteiger partial charge < -0.3 is 15.2 Å². The number of benzene rings is 2. The first-order valence-corrected chi connectivity index (χ1v) is 8.44. The molecule has 0 bridgehead atoms. The predicted octanol–water partition coefficient (Wildman–Crippen LogP) is 5.24. The van der Waals surface area contributed by atoms with Crippen molar-refractivity contribution in [2.24, 2.45) is 5.41 Å². The molecule has 1 aliphatic carbocycles. The van der Waals surface area contributed by atoms with Gasteiger partial charge in [0, 0.05) is 0 Å². The highest BCUT2D eigenvalue weighted by Gasteiger charge is 2.37. The molecule has 2 aromatic rings. The Morgan fingerprint density at radius 1 is 1.19 bits per heavy atom. The van der Waals surface area contributed by atoms with E-state index in [1.165, 1.54) is 12.1 Å². The molecular weight excluding hydrogens is 340 g/mol. The van der Waals surface area contributed by atoms with Gasteiger partial charge in [0.25, 0.3) is 0 Å². The minimum atomic E-state index is -2.85. The van der Waals surface area contributed by atoms with Crippen LogP contribution in [0.5, 0.6) is 5.75 Å². The van der Waals surface area contributed by atoms with E-state index in [-0.39, 0.29) is 17.2 Å². The van der Waals surface area contributed by atoms with E-state index in [9.17, 15) is 18.7 Å². The van der Waals surface area contributed by atoms with E-state index >= 15 is 0 Å². The number of rotatable bonds is 4. The molecule has 0 spiro atoms. The monoisotopic (exact) mass is 361 g/mol. The molecular formula is C20H21F2NO3. The van der Waals surface area contributed by atoms with Crippen molar-refractivity contribution in [2.45, 2.75) is 39.3 Å². The van der Waals surface area contributed by atoms with Gasteiger partial charge in [-0.3, -0.25) is 0 Å². The summed E-state index contributed by atoms with van der Waals surface area (Å²) in [6, 6.07) is 12.1. The number of alkyl halides is 2. The van der Waals surface area contributed by atoms with Crippen molar-refractivity contribution < 1.29 is 23.4 Å². The van der Waals surface area contributed by atoms with Crippen molar-refractivity contribution in [3.8, 4) is 16.9 Å². The van der Waals surface area contributed by atoms with E-state index < -0.39 is 12.7 Å². The van der Waals surface area contributed by atoms with Crippen molar-refractivity contribution in [3.05, 3.63) is 53.6 Å². The highest BCUT2D eigenvalue weighted by atomic mass is 19.3. The Labute approximate surface area is 150 Å². The first kappa shape index (κ1) is 18.2. The Kier molecular flexibility index (Phi) is 4.85. The molecule has 0 aliphatic heterocycles. The highest BCUT2D eigenvalue weighted by Crippen LogP contribution is 2.44. The van der Waals surface area contributed by atoms with Crippen molar-refractivity contribution in [3.63, 3.8) is 0 Å². The lowest BCUT2D eigenvalue weighted by Gasteiger charge is -2.40. The SMILES string of the molecule is CC1(C)CCc2ccc(-c3ccc(OC(F)F)cc3)cc2C1NC(=O)O. The van der Waals surface area contributed by atoms with Crippen LogP contribution in [0.4, 0.5) is 13.6 Å². The Bertz CT molecular complexity index is 803. The third-order valence-corrected chi connectivity index (χ3v) is 4.96. The van der Waals surface area contributed by atoms with Gasteiger partial charge in [0.2, 0.25) is 0 Å². The van der Waals surface area contributed by atoms with Gasteiger partial charge in [0.15, 0.2) is 0 Å². The van der Waals surface area contributed by atoms with Crippen LogP contribution in [0.15, 0.2) is 42.5 Å². The highest BCUT2D eigenvalue weighted by molar-refractivity contribution is 5.68. The van der Waals surface area contributed by atoms with E-state index in [0.29, 0.717) is 0 Å². The lowest BCUT2D eigenvalue weighted by Crippen LogP contribution is -2.40. The van der Waals surface area contributed by atoms with Gasteiger partial charge in [0.1, 0.15) is 5.75 Å². The fraction of sp³-hybridized carbons (Fsp3) is 0.350. The fourth-order valence-electron chi connectivity index (χ4n) is 3.52. The molecule has 0 heterocycles. The molecule has 2 N–H and O–H groups in total. The summed E-state index contributed by atoms with van der Waals surface area (Å²) in [5.74, 6) is 0.105. The average Bonchev–Trinajstić information content (AvgIpc) is 2.57. The first-order valence-electron chi connectivity index (χ1n) is 8.44. The summed E-state index contributed by atoms with van der Waals surface area (Å²) in [5.41, 5.74) is 3.66. The maximum atomic E-state index is 12.3. The van der Waals surface area contributed by atoms with Crippen molar-refractivity contribution in [1.82, 2.24) is 5.32 Å². The molecule has 0 aromatic heterocycles. The largest absolute Gasteiger partial charge is 0.465 e. The lowest BCUT2D eigenvalue weighted by molar-refractivity contribution is -0.0498. The maximum absolute atomic E-state index is 12.3. The number of carboxylic acid groups (broad SMARTS) is 1. The minimum absolute atomic E-state index is 0.105. The Morgan fingerprint density at radius 3 is 2.46 bits per heavy atom. The summed E-state index contributed by atoms with van der Waals surface area (Å²) in [4.78, 5) is 11.3. The zero-order chi connectivity index (χ0) is 18.9. The van der Waals surface area contributed by atoms with E-state index in [4.69, 9.17) is 0 Å². The molecule has 0 saturated carbocycles. The van der Waals surface area contributed by atoms with Crippen molar-refractivity contribution >= 4 is 6.09 Å². The molecule has 1 atom stereocenters. The summed E-state index contributed by atoms with van der Waals surface area (Å²) in [5, 5.41) is 11.9. The second-order valence-corrected chi connectivity index (χ2v) is 7.19. The van der Waals surface area contributed by atoms with Crippen LogP contribution < -0.4 is 10.1 Å². The van der Waals surface area contributed by atoms with Crippen LogP contribution in [0.1, 0.15) is 37.4 Å². The van der Waals surface area contributed by atoms with Gasteiger partial charge in [-0.05, 0) is 58.7 Å². The number of nitrogens with one attached hydrogen (secondary N) is 1. The van der Waals surface area contributed by atoms with Gasteiger partial charge in [-0.2, -0.15) is 8.78 Å². The Morgan fingerprint density at radius 2 is 1.85 bits per heavy atom. The van der Waals surface area contributed by atoms with Crippen LogP contribution in [0, 0.1) is 5.41 Å². The molecule has 4 nitrogen and oxygen atoms in total. The average molecular weight is 361 g/mol. The van der Waals surface area contributed by atoms with Crippen molar-refractivity contribution in [1.29, 1.82) is 0 Å². The predicted molar refractivity (Wildman–Crippen MR) is 94.5 cm³/mol. The normalized spacial score (nSPS) is 18.3. The molecule has 2 aromatic carbocycles. The number of halogens is 2. The number of amides is 1. The first-order chi connectivity index (χ1) is 12.3. The Hall–Kier alpha value is -2.63. The number of hydrogen-bond donors (Lipinski definition) is 2. The van der Waals surface area contributed by atoms with Gasteiger partial charge in [-0.25, -0.2) is 4.79 Å². The minimum Gasteiger partial charge on any atom is -0.465 e. The summed E-state index contributed by atoms with van der Waals surface area (Å²) in [6.45, 7) is 1.26. The van der Waals surface area contributed by atoms with Crippen LogP contribution in [-0.4, -0.2) is 17.8 Å². The number of ether oxygens (including phenoxy) is 1. The zero-order valence-corrected chi connectivity index (χ0v) is 14.6. The van der Waals surface area contributed by atoms with Crippen LogP contribution in [0.2, 0.25) is 0 Å². The van der Waals surface area contributed by atoms with Gasteiger partial charge >= 0.3 is 12.7 Å². The topological polar surface area (TPSA) is 58.6 Å². The van der Waals surface area contributed by atoms with Crippen LogP contribution in [0.3, 0.4) is 0 Å². The molecule has 0 fully saturated rings. The second kappa shape index (κ2) is 6.94. The number of hydrogen-bond acceptors (Lipinski definition) is 2. The van der Waals surface area contributed by atoms with Crippen LogP contribution in [-0.2, 0) is 6.42 Å². The van der Waals surface area contributed by atoms with Gasteiger partial charge in [0.05, 0.1) is 6.04 Å².